The number of rotatable bonds is 3. The van der Waals surface area contributed by atoms with Gasteiger partial charge >= 0.3 is 0 Å². The number of benzene rings is 1. The molecule has 0 saturated heterocycles. The fraction of sp³-hybridized carbons (Fsp3) is 0.462. The number of ether oxygens (including phenoxy) is 1. The van der Waals surface area contributed by atoms with Gasteiger partial charge in [0.05, 0.1) is 6.61 Å². The predicted octanol–water partition coefficient (Wildman–Crippen LogP) is 2.08. The lowest BCUT2D eigenvalue weighted by Crippen LogP contribution is -2.31. The second-order valence-corrected chi connectivity index (χ2v) is 4.47. The summed E-state index contributed by atoms with van der Waals surface area (Å²) in [6, 6.07) is 8.13. The Bertz CT molecular complexity index is 387. The molecule has 16 heavy (non-hydrogen) atoms. The van der Waals surface area contributed by atoms with Gasteiger partial charge in [-0.1, -0.05) is 18.2 Å². The second-order valence-electron chi connectivity index (χ2n) is 4.47. The summed E-state index contributed by atoms with van der Waals surface area (Å²) < 4.78 is 5.54. The maximum atomic E-state index is 11.7. The van der Waals surface area contributed by atoms with Crippen LogP contribution in [0.2, 0.25) is 0 Å². The first-order valence-electron chi connectivity index (χ1n) is 5.68. The van der Waals surface area contributed by atoms with E-state index in [2.05, 4.69) is 5.32 Å². The summed E-state index contributed by atoms with van der Waals surface area (Å²) in [5.74, 6) is 1.22. The standard InChI is InChI=1S/C13H17NO2/c1-9(2)14-13(15)7-10-8-16-12-6-4-3-5-11(10)12/h3-6,9-10H,7-8H2,1-2H3,(H,14,15). The Hall–Kier alpha value is -1.51. The summed E-state index contributed by atoms with van der Waals surface area (Å²) in [5.41, 5.74) is 1.15. The van der Waals surface area contributed by atoms with Crippen LogP contribution in [-0.2, 0) is 4.79 Å². The highest BCUT2D eigenvalue weighted by molar-refractivity contribution is 5.77. The van der Waals surface area contributed by atoms with E-state index in [1.807, 2.05) is 38.1 Å². The molecule has 0 aliphatic carbocycles. The van der Waals surface area contributed by atoms with Gasteiger partial charge in [-0.2, -0.15) is 0 Å². The van der Waals surface area contributed by atoms with Gasteiger partial charge < -0.3 is 10.1 Å². The molecule has 1 N–H and O–H groups in total. The van der Waals surface area contributed by atoms with Crippen LogP contribution in [0.1, 0.15) is 31.7 Å². The molecule has 0 saturated carbocycles. The normalized spacial score (nSPS) is 18.1. The molecular formula is C13H17NO2. The van der Waals surface area contributed by atoms with Gasteiger partial charge in [-0.25, -0.2) is 0 Å². The summed E-state index contributed by atoms with van der Waals surface area (Å²) in [7, 11) is 0. The van der Waals surface area contributed by atoms with E-state index >= 15 is 0 Å². The van der Waals surface area contributed by atoms with Crippen molar-refractivity contribution in [3.8, 4) is 5.75 Å². The van der Waals surface area contributed by atoms with Crippen LogP contribution in [0.4, 0.5) is 0 Å². The number of carbonyl (C=O) groups is 1. The fourth-order valence-electron chi connectivity index (χ4n) is 2.00. The van der Waals surface area contributed by atoms with Crippen LogP contribution in [0.25, 0.3) is 0 Å². The van der Waals surface area contributed by atoms with Crippen LogP contribution in [-0.4, -0.2) is 18.6 Å². The fourth-order valence-corrected chi connectivity index (χ4v) is 2.00. The topological polar surface area (TPSA) is 38.3 Å². The summed E-state index contributed by atoms with van der Waals surface area (Å²) in [6.45, 7) is 4.55. The number of amides is 1. The molecule has 86 valence electrons. The number of hydrogen-bond donors (Lipinski definition) is 1. The van der Waals surface area contributed by atoms with Gasteiger partial charge in [-0.05, 0) is 19.9 Å². The zero-order chi connectivity index (χ0) is 11.5. The largest absolute Gasteiger partial charge is 0.493 e. The van der Waals surface area contributed by atoms with Crippen molar-refractivity contribution in [3.63, 3.8) is 0 Å². The van der Waals surface area contributed by atoms with E-state index in [4.69, 9.17) is 4.74 Å². The van der Waals surface area contributed by atoms with Gasteiger partial charge in [0, 0.05) is 23.9 Å². The van der Waals surface area contributed by atoms with E-state index in [-0.39, 0.29) is 17.9 Å². The minimum Gasteiger partial charge on any atom is -0.493 e. The molecule has 1 unspecified atom stereocenters. The lowest BCUT2D eigenvalue weighted by atomic mass is 9.97. The Labute approximate surface area is 95.8 Å². The van der Waals surface area contributed by atoms with Gasteiger partial charge in [0.1, 0.15) is 5.75 Å². The first-order chi connectivity index (χ1) is 7.66. The lowest BCUT2D eigenvalue weighted by Gasteiger charge is -2.11. The monoisotopic (exact) mass is 219 g/mol. The van der Waals surface area contributed by atoms with Crippen LogP contribution < -0.4 is 10.1 Å². The van der Waals surface area contributed by atoms with Crippen molar-refractivity contribution in [2.75, 3.05) is 6.61 Å². The zero-order valence-corrected chi connectivity index (χ0v) is 9.69. The number of carbonyl (C=O) groups excluding carboxylic acids is 1. The van der Waals surface area contributed by atoms with Crippen LogP contribution in [0, 0.1) is 0 Å². The van der Waals surface area contributed by atoms with Gasteiger partial charge in [0.25, 0.3) is 0 Å². The Morgan fingerprint density at radius 2 is 2.25 bits per heavy atom. The van der Waals surface area contributed by atoms with E-state index in [0.29, 0.717) is 13.0 Å². The van der Waals surface area contributed by atoms with Crippen LogP contribution >= 0.6 is 0 Å². The highest BCUT2D eigenvalue weighted by atomic mass is 16.5. The Kier molecular flexibility index (Phi) is 3.13. The van der Waals surface area contributed by atoms with Crippen molar-refractivity contribution in [2.45, 2.75) is 32.2 Å². The minimum absolute atomic E-state index is 0.0975. The van der Waals surface area contributed by atoms with E-state index in [9.17, 15) is 4.79 Å². The molecule has 0 spiro atoms. The number of para-hydroxylation sites is 1. The van der Waals surface area contributed by atoms with Crippen molar-refractivity contribution in [1.29, 1.82) is 0 Å². The van der Waals surface area contributed by atoms with E-state index in [1.165, 1.54) is 0 Å². The van der Waals surface area contributed by atoms with Gasteiger partial charge in [0.2, 0.25) is 5.91 Å². The third-order valence-electron chi connectivity index (χ3n) is 2.68. The maximum Gasteiger partial charge on any atom is 0.220 e. The molecule has 1 heterocycles. The molecule has 1 aromatic rings. The first kappa shape index (κ1) is 11.0. The maximum absolute atomic E-state index is 11.7. The highest BCUT2D eigenvalue weighted by Gasteiger charge is 2.25. The summed E-state index contributed by atoms with van der Waals surface area (Å²) >= 11 is 0. The zero-order valence-electron chi connectivity index (χ0n) is 9.69. The minimum atomic E-state index is 0.0975. The molecule has 0 bridgehead atoms. The van der Waals surface area contributed by atoms with E-state index < -0.39 is 0 Å². The van der Waals surface area contributed by atoms with Crippen molar-refractivity contribution in [2.24, 2.45) is 0 Å². The molecule has 3 nitrogen and oxygen atoms in total. The van der Waals surface area contributed by atoms with E-state index in [0.717, 1.165) is 11.3 Å². The smallest absolute Gasteiger partial charge is 0.220 e. The second kappa shape index (κ2) is 4.56. The molecular weight excluding hydrogens is 202 g/mol. The first-order valence-corrected chi connectivity index (χ1v) is 5.68. The Morgan fingerprint density at radius 3 is 3.00 bits per heavy atom. The number of fused-ring (bicyclic) bond motifs is 1. The number of nitrogens with one attached hydrogen (secondary N) is 1. The molecule has 1 aliphatic rings. The van der Waals surface area contributed by atoms with E-state index in [1.54, 1.807) is 0 Å². The number of hydrogen-bond acceptors (Lipinski definition) is 2. The molecule has 1 aliphatic heterocycles. The van der Waals surface area contributed by atoms with Crippen LogP contribution in [0.3, 0.4) is 0 Å². The average molecular weight is 219 g/mol. The summed E-state index contributed by atoms with van der Waals surface area (Å²) in [6.07, 6.45) is 0.509. The van der Waals surface area contributed by atoms with Crippen molar-refractivity contribution in [1.82, 2.24) is 5.32 Å². The predicted molar refractivity (Wildman–Crippen MR) is 62.6 cm³/mol. The molecule has 1 aromatic carbocycles. The molecule has 1 amide bonds. The van der Waals surface area contributed by atoms with Crippen molar-refractivity contribution < 1.29 is 9.53 Å². The van der Waals surface area contributed by atoms with Gasteiger partial charge in [-0.3, -0.25) is 4.79 Å². The van der Waals surface area contributed by atoms with Crippen LogP contribution in [0.5, 0.6) is 5.75 Å². The van der Waals surface area contributed by atoms with Crippen molar-refractivity contribution >= 4 is 5.91 Å². The van der Waals surface area contributed by atoms with Crippen LogP contribution in [0.15, 0.2) is 24.3 Å². The third-order valence-corrected chi connectivity index (χ3v) is 2.68. The van der Waals surface area contributed by atoms with Gasteiger partial charge in [-0.15, -0.1) is 0 Å². The summed E-state index contributed by atoms with van der Waals surface area (Å²) in [5, 5.41) is 2.91. The average Bonchev–Trinajstić information content (AvgIpc) is 2.61. The quantitative estimate of drug-likeness (QED) is 0.845. The Balaban J connectivity index is 2.00. The van der Waals surface area contributed by atoms with Crippen molar-refractivity contribution in [3.05, 3.63) is 29.8 Å². The SMILES string of the molecule is CC(C)NC(=O)CC1COc2ccccc21. The lowest BCUT2D eigenvalue weighted by molar-refractivity contribution is -0.122. The molecule has 2 rings (SSSR count). The van der Waals surface area contributed by atoms with Gasteiger partial charge in [0.15, 0.2) is 0 Å². The summed E-state index contributed by atoms with van der Waals surface area (Å²) in [4.78, 5) is 11.7. The molecule has 0 aromatic heterocycles. The third kappa shape index (κ3) is 2.35. The molecule has 0 fully saturated rings. The Morgan fingerprint density at radius 1 is 1.50 bits per heavy atom. The molecule has 0 radical (unpaired) electrons. The molecule has 1 atom stereocenters. The highest BCUT2D eigenvalue weighted by Crippen LogP contribution is 2.35. The molecule has 3 heteroatoms.